The lowest BCUT2D eigenvalue weighted by atomic mass is 9.99. The number of hydrogen-bond donors (Lipinski definition) is 2. The predicted molar refractivity (Wildman–Crippen MR) is 52.1 cm³/mol. The molecule has 0 saturated carbocycles. The van der Waals surface area contributed by atoms with Crippen LogP contribution in [0.25, 0.3) is 10.9 Å². The maximum absolute atomic E-state index is 13.5. The van der Waals surface area contributed by atoms with Gasteiger partial charge in [-0.15, -0.1) is 0 Å². The van der Waals surface area contributed by atoms with Crippen LogP contribution in [0.1, 0.15) is 18.4 Å². The molecule has 0 aliphatic heterocycles. The van der Waals surface area contributed by atoms with Gasteiger partial charge in [-0.2, -0.15) is 5.10 Å². The molecule has 0 saturated heterocycles. The van der Waals surface area contributed by atoms with Gasteiger partial charge in [-0.05, 0) is 19.1 Å². The minimum absolute atomic E-state index is 0.177. The molecule has 0 radical (unpaired) electrons. The van der Waals surface area contributed by atoms with Crippen LogP contribution in [-0.2, 0) is 4.79 Å². The minimum Gasteiger partial charge on any atom is -0.481 e. The number of fused-ring (bicyclic) bond motifs is 1. The van der Waals surface area contributed by atoms with Gasteiger partial charge in [-0.1, -0.05) is 0 Å². The summed E-state index contributed by atoms with van der Waals surface area (Å²) in [6.45, 7) is 1.45. The van der Waals surface area contributed by atoms with Gasteiger partial charge in [0, 0.05) is 10.9 Å². The Hall–Kier alpha value is -1.91. The molecule has 1 atom stereocenters. The molecule has 0 bridgehead atoms. The Kier molecular flexibility index (Phi) is 2.15. The van der Waals surface area contributed by atoms with E-state index in [-0.39, 0.29) is 5.56 Å². The van der Waals surface area contributed by atoms with Crippen LogP contribution < -0.4 is 0 Å². The highest BCUT2D eigenvalue weighted by atomic mass is 19.1. The second-order valence-corrected chi connectivity index (χ2v) is 3.39. The fourth-order valence-electron chi connectivity index (χ4n) is 1.45. The number of aromatic nitrogens is 2. The van der Waals surface area contributed by atoms with Crippen LogP contribution in [0.3, 0.4) is 0 Å². The van der Waals surface area contributed by atoms with E-state index in [1.807, 2.05) is 0 Å². The Morgan fingerprint density at radius 2 is 2.33 bits per heavy atom. The number of carbonyl (C=O) groups is 1. The third kappa shape index (κ3) is 1.56. The maximum Gasteiger partial charge on any atom is 0.310 e. The number of benzene rings is 1. The van der Waals surface area contributed by atoms with Crippen molar-refractivity contribution in [3.63, 3.8) is 0 Å². The van der Waals surface area contributed by atoms with E-state index in [1.165, 1.54) is 25.3 Å². The van der Waals surface area contributed by atoms with Crippen LogP contribution in [0.5, 0.6) is 0 Å². The Labute approximate surface area is 84.7 Å². The summed E-state index contributed by atoms with van der Waals surface area (Å²) in [6.07, 6.45) is 1.53. The Morgan fingerprint density at radius 3 is 3.00 bits per heavy atom. The summed E-state index contributed by atoms with van der Waals surface area (Å²) in [5.41, 5.74) is 0.741. The molecule has 0 aliphatic rings. The fourth-order valence-corrected chi connectivity index (χ4v) is 1.45. The third-order valence-corrected chi connectivity index (χ3v) is 2.39. The van der Waals surface area contributed by atoms with E-state index in [1.54, 1.807) is 0 Å². The molecule has 78 valence electrons. The van der Waals surface area contributed by atoms with E-state index in [0.717, 1.165) is 0 Å². The van der Waals surface area contributed by atoms with Gasteiger partial charge in [0.2, 0.25) is 0 Å². The van der Waals surface area contributed by atoms with Gasteiger partial charge in [-0.3, -0.25) is 9.89 Å². The largest absolute Gasteiger partial charge is 0.481 e. The van der Waals surface area contributed by atoms with Crippen LogP contribution in [0.15, 0.2) is 18.3 Å². The molecule has 0 aliphatic carbocycles. The molecule has 4 nitrogen and oxygen atoms in total. The van der Waals surface area contributed by atoms with Crippen LogP contribution in [0.4, 0.5) is 4.39 Å². The highest BCUT2D eigenvalue weighted by molar-refractivity contribution is 5.82. The van der Waals surface area contributed by atoms with Crippen molar-refractivity contribution in [2.45, 2.75) is 12.8 Å². The second kappa shape index (κ2) is 3.34. The van der Waals surface area contributed by atoms with Crippen molar-refractivity contribution in [3.05, 3.63) is 29.7 Å². The van der Waals surface area contributed by atoms with Crippen molar-refractivity contribution < 1.29 is 14.3 Å². The normalized spacial score (nSPS) is 12.9. The highest BCUT2D eigenvalue weighted by Crippen LogP contribution is 2.23. The average molecular weight is 208 g/mol. The monoisotopic (exact) mass is 208 g/mol. The smallest absolute Gasteiger partial charge is 0.310 e. The molecule has 5 heteroatoms. The molecule has 1 aromatic carbocycles. The lowest BCUT2D eigenvalue weighted by molar-refractivity contribution is -0.138. The van der Waals surface area contributed by atoms with Gasteiger partial charge in [0.1, 0.15) is 5.82 Å². The van der Waals surface area contributed by atoms with Gasteiger partial charge < -0.3 is 5.11 Å². The molecule has 1 aromatic heterocycles. The SMILES string of the molecule is CC(C(=O)O)c1cc2cn[nH]c2cc1F. The van der Waals surface area contributed by atoms with Gasteiger partial charge in [0.25, 0.3) is 0 Å². The summed E-state index contributed by atoms with van der Waals surface area (Å²) >= 11 is 0. The van der Waals surface area contributed by atoms with E-state index in [4.69, 9.17) is 5.11 Å². The summed E-state index contributed by atoms with van der Waals surface area (Å²) in [7, 11) is 0. The number of carboxylic acid groups (broad SMARTS) is 1. The first-order valence-corrected chi connectivity index (χ1v) is 4.45. The Morgan fingerprint density at radius 1 is 1.60 bits per heavy atom. The van der Waals surface area contributed by atoms with Crippen molar-refractivity contribution in [3.8, 4) is 0 Å². The van der Waals surface area contributed by atoms with Gasteiger partial charge >= 0.3 is 5.97 Å². The zero-order chi connectivity index (χ0) is 11.0. The maximum atomic E-state index is 13.5. The minimum atomic E-state index is -1.04. The summed E-state index contributed by atoms with van der Waals surface area (Å²) < 4.78 is 13.5. The van der Waals surface area contributed by atoms with Gasteiger partial charge in [0.15, 0.2) is 0 Å². The molecule has 0 fully saturated rings. The number of carboxylic acids is 1. The van der Waals surface area contributed by atoms with E-state index < -0.39 is 17.7 Å². The van der Waals surface area contributed by atoms with Crippen LogP contribution >= 0.6 is 0 Å². The van der Waals surface area contributed by atoms with Gasteiger partial charge in [-0.25, -0.2) is 4.39 Å². The van der Waals surface area contributed by atoms with Crippen LogP contribution in [0.2, 0.25) is 0 Å². The van der Waals surface area contributed by atoms with Crippen molar-refractivity contribution in [2.75, 3.05) is 0 Å². The first-order valence-electron chi connectivity index (χ1n) is 4.45. The first-order chi connectivity index (χ1) is 7.09. The number of aromatic amines is 1. The topological polar surface area (TPSA) is 66.0 Å². The standard InChI is InChI=1S/C10H9FN2O2/c1-5(10(14)15)7-2-6-4-12-13-9(6)3-8(7)11/h2-5H,1H3,(H,12,13)(H,14,15). The van der Waals surface area contributed by atoms with Crippen molar-refractivity contribution in [1.29, 1.82) is 0 Å². The van der Waals surface area contributed by atoms with Crippen molar-refractivity contribution >= 4 is 16.9 Å². The van der Waals surface area contributed by atoms with E-state index >= 15 is 0 Å². The van der Waals surface area contributed by atoms with Crippen LogP contribution in [0, 0.1) is 5.82 Å². The quantitative estimate of drug-likeness (QED) is 0.791. The molecule has 0 amide bonds. The predicted octanol–water partition coefficient (Wildman–Crippen LogP) is 1.89. The Balaban J connectivity index is 2.59. The van der Waals surface area contributed by atoms with E-state index in [0.29, 0.717) is 10.9 Å². The molecule has 0 spiro atoms. The second-order valence-electron chi connectivity index (χ2n) is 3.39. The molecular formula is C10H9FN2O2. The number of nitrogens with one attached hydrogen (secondary N) is 1. The summed E-state index contributed by atoms with van der Waals surface area (Å²) in [5.74, 6) is -2.43. The van der Waals surface area contributed by atoms with Crippen molar-refractivity contribution in [1.82, 2.24) is 10.2 Å². The van der Waals surface area contributed by atoms with E-state index in [2.05, 4.69) is 10.2 Å². The lowest BCUT2D eigenvalue weighted by Crippen LogP contribution is -2.09. The molecule has 1 unspecified atom stereocenters. The molecule has 15 heavy (non-hydrogen) atoms. The van der Waals surface area contributed by atoms with E-state index in [9.17, 15) is 9.18 Å². The summed E-state index contributed by atoms with van der Waals surface area (Å²) in [5, 5.41) is 15.9. The lowest BCUT2D eigenvalue weighted by Gasteiger charge is -2.07. The molecule has 2 N–H and O–H groups in total. The molecule has 1 heterocycles. The summed E-state index contributed by atoms with van der Waals surface area (Å²) in [6, 6.07) is 2.77. The fraction of sp³-hybridized carbons (Fsp3) is 0.200. The molecular weight excluding hydrogens is 199 g/mol. The third-order valence-electron chi connectivity index (χ3n) is 2.39. The zero-order valence-electron chi connectivity index (χ0n) is 7.99. The Bertz CT molecular complexity index is 521. The number of halogens is 1. The number of aliphatic carboxylic acids is 1. The number of hydrogen-bond acceptors (Lipinski definition) is 2. The van der Waals surface area contributed by atoms with Gasteiger partial charge in [0.05, 0.1) is 17.6 Å². The first kappa shape index (κ1) is 9.64. The van der Waals surface area contributed by atoms with Crippen LogP contribution in [-0.4, -0.2) is 21.3 Å². The molecule has 2 aromatic rings. The average Bonchev–Trinajstić information content (AvgIpc) is 2.62. The number of rotatable bonds is 2. The molecule has 2 rings (SSSR count). The summed E-state index contributed by atoms with van der Waals surface area (Å²) in [4.78, 5) is 10.7. The number of H-pyrrole nitrogens is 1. The highest BCUT2D eigenvalue weighted by Gasteiger charge is 2.18. The van der Waals surface area contributed by atoms with Crippen molar-refractivity contribution in [2.24, 2.45) is 0 Å². The number of nitrogens with zero attached hydrogens (tertiary/aromatic N) is 1. The zero-order valence-corrected chi connectivity index (χ0v) is 7.99.